The summed E-state index contributed by atoms with van der Waals surface area (Å²) in [4.78, 5) is 20.6. The Bertz CT molecular complexity index is 943. The Hall–Kier alpha value is -2.47. The van der Waals surface area contributed by atoms with Crippen LogP contribution in [0.25, 0.3) is 11.0 Å². The lowest BCUT2D eigenvalue weighted by Gasteiger charge is -2.19. The topological polar surface area (TPSA) is 67.0 Å². The van der Waals surface area contributed by atoms with Crippen LogP contribution in [0, 0.1) is 0 Å². The van der Waals surface area contributed by atoms with Gasteiger partial charge in [0.25, 0.3) is 0 Å². The summed E-state index contributed by atoms with van der Waals surface area (Å²) >= 11 is 1.77. The SMILES string of the molecule is CSCCC(NC(=O)CCCOc1ccc(C(C)(C)C)cc1)c1nc2ccccc2[nH]1. The first kappa shape index (κ1) is 23.2. The van der Waals surface area contributed by atoms with Crippen molar-refractivity contribution in [3.63, 3.8) is 0 Å². The molecule has 3 aromatic rings. The maximum absolute atomic E-state index is 12.6. The van der Waals surface area contributed by atoms with Gasteiger partial charge in [0.15, 0.2) is 0 Å². The number of aromatic nitrogens is 2. The molecule has 0 fully saturated rings. The lowest BCUT2D eigenvalue weighted by atomic mass is 9.87. The summed E-state index contributed by atoms with van der Waals surface area (Å²) in [7, 11) is 0. The van der Waals surface area contributed by atoms with Crippen molar-refractivity contribution in [2.75, 3.05) is 18.6 Å². The van der Waals surface area contributed by atoms with Gasteiger partial charge in [0, 0.05) is 6.42 Å². The van der Waals surface area contributed by atoms with Gasteiger partial charge in [0.2, 0.25) is 5.91 Å². The number of hydrogen-bond donors (Lipinski definition) is 2. The molecule has 0 saturated heterocycles. The minimum absolute atomic E-state index is 0.0261. The summed E-state index contributed by atoms with van der Waals surface area (Å²) in [6.07, 6.45) is 4.00. The number of benzene rings is 2. The number of nitrogens with zero attached hydrogens (tertiary/aromatic N) is 1. The Morgan fingerprint density at radius 1 is 1.16 bits per heavy atom. The van der Waals surface area contributed by atoms with Gasteiger partial charge >= 0.3 is 0 Å². The second kappa shape index (κ2) is 10.7. The van der Waals surface area contributed by atoms with Gasteiger partial charge in [0.05, 0.1) is 23.7 Å². The molecule has 166 valence electrons. The van der Waals surface area contributed by atoms with Crippen molar-refractivity contribution in [3.05, 3.63) is 59.9 Å². The molecule has 1 heterocycles. The number of amides is 1. The fraction of sp³-hybridized carbons (Fsp3) is 0.440. The van der Waals surface area contributed by atoms with E-state index in [9.17, 15) is 4.79 Å². The third-order valence-corrected chi connectivity index (χ3v) is 5.86. The van der Waals surface area contributed by atoms with Gasteiger partial charge in [-0.25, -0.2) is 4.98 Å². The summed E-state index contributed by atoms with van der Waals surface area (Å²) in [5.41, 5.74) is 3.32. The summed E-state index contributed by atoms with van der Waals surface area (Å²) in [6, 6.07) is 16.0. The van der Waals surface area contributed by atoms with Crippen LogP contribution < -0.4 is 10.1 Å². The van der Waals surface area contributed by atoms with Gasteiger partial charge in [-0.1, -0.05) is 45.0 Å². The molecule has 6 heteroatoms. The second-order valence-electron chi connectivity index (χ2n) is 8.77. The zero-order chi connectivity index (χ0) is 22.3. The van der Waals surface area contributed by atoms with Crippen molar-refractivity contribution < 1.29 is 9.53 Å². The van der Waals surface area contributed by atoms with E-state index in [1.807, 2.05) is 36.4 Å². The van der Waals surface area contributed by atoms with Crippen molar-refractivity contribution in [1.29, 1.82) is 0 Å². The largest absolute Gasteiger partial charge is 0.494 e. The first-order chi connectivity index (χ1) is 14.9. The quantitative estimate of drug-likeness (QED) is 0.402. The number of carbonyl (C=O) groups is 1. The number of hydrogen-bond acceptors (Lipinski definition) is 4. The van der Waals surface area contributed by atoms with Crippen LogP contribution in [0.2, 0.25) is 0 Å². The standard InChI is InChI=1S/C25H33N3O2S/c1-25(2,3)18-11-13-19(14-12-18)30-16-7-10-23(29)26-22(15-17-31-4)24-27-20-8-5-6-9-21(20)28-24/h5-6,8-9,11-14,22H,7,10,15-17H2,1-4H3,(H,26,29)(H,27,28). The fourth-order valence-electron chi connectivity index (χ4n) is 3.39. The third kappa shape index (κ3) is 6.76. The number of thioether (sulfide) groups is 1. The molecule has 1 amide bonds. The van der Waals surface area contributed by atoms with Gasteiger partial charge < -0.3 is 15.0 Å². The van der Waals surface area contributed by atoms with Gasteiger partial charge in [0.1, 0.15) is 11.6 Å². The molecule has 1 unspecified atom stereocenters. The molecule has 2 N–H and O–H groups in total. The molecule has 3 rings (SSSR count). The van der Waals surface area contributed by atoms with Crippen LogP contribution in [-0.4, -0.2) is 34.5 Å². The number of carbonyl (C=O) groups excluding carboxylic acids is 1. The molecule has 1 atom stereocenters. The number of para-hydroxylation sites is 2. The number of imidazole rings is 1. The maximum atomic E-state index is 12.6. The molecule has 5 nitrogen and oxygen atoms in total. The highest BCUT2D eigenvalue weighted by Gasteiger charge is 2.18. The van der Waals surface area contributed by atoms with Crippen molar-refractivity contribution >= 4 is 28.7 Å². The molecule has 31 heavy (non-hydrogen) atoms. The fourth-order valence-corrected chi connectivity index (χ4v) is 3.86. The van der Waals surface area contributed by atoms with E-state index in [4.69, 9.17) is 4.74 Å². The van der Waals surface area contributed by atoms with Crippen molar-refractivity contribution in [1.82, 2.24) is 15.3 Å². The Balaban J connectivity index is 1.49. The van der Waals surface area contributed by atoms with Gasteiger partial charge in [-0.2, -0.15) is 11.8 Å². The highest BCUT2D eigenvalue weighted by Crippen LogP contribution is 2.24. The Morgan fingerprint density at radius 2 is 1.90 bits per heavy atom. The molecule has 0 radical (unpaired) electrons. The van der Waals surface area contributed by atoms with Crippen molar-refractivity contribution in [2.24, 2.45) is 0 Å². The smallest absolute Gasteiger partial charge is 0.220 e. The number of rotatable bonds is 10. The minimum atomic E-state index is -0.113. The summed E-state index contributed by atoms with van der Waals surface area (Å²) in [5.74, 6) is 2.64. The molecule has 0 spiro atoms. The molecule has 0 aliphatic heterocycles. The van der Waals surface area contributed by atoms with Crippen LogP contribution >= 0.6 is 11.8 Å². The first-order valence-electron chi connectivity index (χ1n) is 10.8. The van der Waals surface area contributed by atoms with E-state index in [1.54, 1.807) is 11.8 Å². The molecule has 2 aromatic carbocycles. The zero-order valence-electron chi connectivity index (χ0n) is 18.9. The predicted octanol–water partition coefficient (Wildman–Crippen LogP) is 5.63. The molecule has 0 aliphatic rings. The van der Waals surface area contributed by atoms with Crippen LogP contribution in [0.4, 0.5) is 0 Å². The van der Waals surface area contributed by atoms with E-state index in [1.165, 1.54) is 5.56 Å². The summed E-state index contributed by atoms with van der Waals surface area (Å²) < 4.78 is 5.82. The number of ether oxygens (including phenoxy) is 1. The van der Waals surface area contributed by atoms with Crippen LogP contribution in [-0.2, 0) is 10.2 Å². The van der Waals surface area contributed by atoms with Crippen molar-refractivity contribution in [2.45, 2.75) is 51.5 Å². The molecular formula is C25H33N3O2S. The number of aromatic amines is 1. The molecule has 1 aromatic heterocycles. The second-order valence-corrected chi connectivity index (χ2v) is 9.75. The average molecular weight is 440 g/mol. The third-order valence-electron chi connectivity index (χ3n) is 5.22. The first-order valence-corrected chi connectivity index (χ1v) is 12.2. The predicted molar refractivity (Wildman–Crippen MR) is 130 cm³/mol. The number of fused-ring (bicyclic) bond motifs is 1. The van der Waals surface area contributed by atoms with E-state index in [0.717, 1.165) is 34.8 Å². The lowest BCUT2D eigenvalue weighted by Crippen LogP contribution is -2.29. The average Bonchev–Trinajstić information content (AvgIpc) is 3.18. The van der Waals surface area contributed by atoms with Gasteiger partial charge in [-0.05, 0) is 60.1 Å². The monoisotopic (exact) mass is 439 g/mol. The Labute approximate surface area is 189 Å². The van der Waals surface area contributed by atoms with Crippen molar-refractivity contribution in [3.8, 4) is 5.75 Å². The normalized spacial score (nSPS) is 12.6. The lowest BCUT2D eigenvalue weighted by molar-refractivity contribution is -0.122. The van der Waals surface area contributed by atoms with E-state index >= 15 is 0 Å². The Morgan fingerprint density at radius 3 is 2.58 bits per heavy atom. The van der Waals surface area contributed by atoms with Gasteiger partial charge in [-0.15, -0.1) is 0 Å². The Kier molecular flexibility index (Phi) is 8.02. The van der Waals surface area contributed by atoms with E-state index in [2.05, 4.69) is 54.4 Å². The molecule has 0 bridgehead atoms. The highest BCUT2D eigenvalue weighted by atomic mass is 32.2. The number of H-pyrrole nitrogens is 1. The maximum Gasteiger partial charge on any atom is 0.220 e. The van der Waals surface area contributed by atoms with Crippen LogP contribution in [0.1, 0.15) is 57.5 Å². The summed E-state index contributed by atoms with van der Waals surface area (Å²) in [6.45, 7) is 7.10. The van der Waals surface area contributed by atoms with Crippen LogP contribution in [0.5, 0.6) is 5.75 Å². The minimum Gasteiger partial charge on any atom is -0.494 e. The van der Waals surface area contributed by atoms with E-state index in [0.29, 0.717) is 19.4 Å². The zero-order valence-corrected chi connectivity index (χ0v) is 19.7. The summed E-state index contributed by atoms with van der Waals surface area (Å²) in [5, 5.41) is 3.15. The van der Waals surface area contributed by atoms with Crippen LogP contribution in [0.3, 0.4) is 0 Å². The number of nitrogens with one attached hydrogen (secondary N) is 2. The van der Waals surface area contributed by atoms with Crippen LogP contribution in [0.15, 0.2) is 48.5 Å². The van der Waals surface area contributed by atoms with Gasteiger partial charge in [-0.3, -0.25) is 4.79 Å². The molecular weight excluding hydrogens is 406 g/mol. The highest BCUT2D eigenvalue weighted by molar-refractivity contribution is 7.98. The molecule has 0 aliphatic carbocycles. The molecule has 0 saturated carbocycles. The van der Waals surface area contributed by atoms with E-state index < -0.39 is 0 Å². The van der Waals surface area contributed by atoms with E-state index in [-0.39, 0.29) is 17.4 Å².